The Labute approximate surface area is 136 Å². The molecular weight excluding hydrogens is 297 g/mol. The Morgan fingerprint density at radius 3 is 2.78 bits per heavy atom. The van der Waals surface area contributed by atoms with Gasteiger partial charge in [0.25, 0.3) is 0 Å². The van der Waals surface area contributed by atoms with Gasteiger partial charge in [0.2, 0.25) is 5.91 Å². The molecule has 2 fully saturated rings. The smallest absolute Gasteiger partial charge is 0.224 e. The zero-order chi connectivity index (χ0) is 16.1. The molecule has 0 bridgehead atoms. The third-order valence-corrected chi connectivity index (χ3v) is 4.46. The highest BCUT2D eigenvalue weighted by Crippen LogP contribution is 2.17. The average Bonchev–Trinajstić information content (AvgIpc) is 2.83. The topological polar surface area (TPSA) is 44.8 Å². The lowest BCUT2D eigenvalue weighted by Crippen LogP contribution is -2.45. The Hall–Kier alpha value is -1.66. The summed E-state index contributed by atoms with van der Waals surface area (Å²) in [6, 6.07) is 6.70. The van der Waals surface area contributed by atoms with Gasteiger partial charge in [0.15, 0.2) is 0 Å². The Balaban J connectivity index is 1.53. The lowest BCUT2D eigenvalue weighted by atomic mass is 10.1. The van der Waals surface area contributed by atoms with Crippen LogP contribution in [0.25, 0.3) is 0 Å². The van der Waals surface area contributed by atoms with Gasteiger partial charge >= 0.3 is 0 Å². The van der Waals surface area contributed by atoms with Gasteiger partial charge in [0, 0.05) is 50.9 Å². The van der Waals surface area contributed by atoms with E-state index < -0.39 is 0 Å². The summed E-state index contributed by atoms with van der Waals surface area (Å²) in [5.74, 6) is -0.0310. The maximum Gasteiger partial charge on any atom is 0.224 e. The number of benzene rings is 1. The number of ether oxygens (including phenoxy) is 1. The highest BCUT2D eigenvalue weighted by Gasteiger charge is 2.23. The van der Waals surface area contributed by atoms with Crippen LogP contribution in [0.1, 0.15) is 12.8 Å². The molecule has 5 nitrogen and oxygen atoms in total. The lowest BCUT2D eigenvalue weighted by Gasteiger charge is -2.27. The molecule has 2 aliphatic rings. The van der Waals surface area contributed by atoms with Crippen LogP contribution in [0, 0.1) is 5.82 Å². The van der Waals surface area contributed by atoms with Gasteiger partial charge in [0.05, 0.1) is 13.2 Å². The summed E-state index contributed by atoms with van der Waals surface area (Å²) in [6.07, 6.45) is 1.42. The molecule has 0 aromatic heterocycles. The van der Waals surface area contributed by atoms with Crippen molar-refractivity contribution in [2.45, 2.75) is 18.9 Å². The molecule has 2 aliphatic heterocycles. The number of halogens is 1. The third-order valence-electron chi connectivity index (χ3n) is 4.46. The molecule has 0 unspecified atom stereocenters. The van der Waals surface area contributed by atoms with Crippen molar-refractivity contribution < 1.29 is 13.9 Å². The minimum absolute atomic E-state index is 0.132. The molecule has 1 N–H and O–H groups in total. The number of carbonyl (C=O) groups excluding carboxylic acids is 1. The van der Waals surface area contributed by atoms with Crippen molar-refractivity contribution in [1.29, 1.82) is 0 Å². The first-order chi connectivity index (χ1) is 11.2. The van der Waals surface area contributed by atoms with E-state index in [-0.39, 0.29) is 17.8 Å². The number of hydrogen-bond acceptors (Lipinski definition) is 4. The molecule has 2 saturated heterocycles. The van der Waals surface area contributed by atoms with Gasteiger partial charge in [-0.2, -0.15) is 0 Å². The molecule has 1 atom stereocenters. The molecule has 0 aliphatic carbocycles. The first kappa shape index (κ1) is 16.2. The highest BCUT2D eigenvalue weighted by molar-refractivity contribution is 5.77. The van der Waals surface area contributed by atoms with Crippen molar-refractivity contribution in [3.8, 4) is 0 Å². The molecule has 23 heavy (non-hydrogen) atoms. The molecule has 0 spiro atoms. The van der Waals surface area contributed by atoms with Crippen LogP contribution in [0.2, 0.25) is 0 Å². The molecule has 126 valence electrons. The highest BCUT2D eigenvalue weighted by atomic mass is 19.1. The van der Waals surface area contributed by atoms with Crippen LogP contribution in [0.15, 0.2) is 24.3 Å². The van der Waals surface area contributed by atoms with E-state index in [1.54, 1.807) is 12.1 Å². The Morgan fingerprint density at radius 2 is 2.04 bits per heavy atom. The quantitative estimate of drug-likeness (QED) is 0.910. The zero-order valence-corrected chi connectivity index (χ0v) is 13.3. The first-order valence-corrected chi connectivity index (χ1v) is 8.32. The van der Waals surface area contributed by atoms with Crippen LogP contribution in [0.4, 0.5) is 10.1 Å². The van der Waals surface area contributed by atoms with E-state index in [9.17, 15) is 9.18 Å². The molecule has 0 saturated carbocycles. The summed E-state index contributed by atoms with van der Waals surface area (Å²) < 4.78 is 18.4. The number of rotatable bonds is 3. The van der Waals surface area contributed by atoms with Crippen LogP contribution in [0.5, 0.6) is 0 Å². The number of amides is 1. The predicted molar refractivity (Wildman–Crippen MR) is 87.0 cm³/mol. The van der Waals surface area contributed by atoms with E-state index in [4.69, 9.17) is 4.74 Å². The van der Waals surface area contributed by atoms with Gasteiger partial charge in [-0.25, -0.2) is 4.39 Å². The van der Waals surface area contributed by atoms with E-state index in [0.29, 0.717) is 19.6 Å². The number of carbonyl (C=O) groups is 1. The van der Waals surface area contributed by atoms with Gasteiger partial charge in [-0.3, -0.25) is 4.79 Å². The molecule has 2 heterocycles. The Kier molecular flexibility index (Phi) is 5.46. The van der Waals surface area contributed by atoms with Gasteiger partial charge in [-0.1, -0.05) is 0 Å². The standard InChI is InChI=1S/C17H24FN3O2/c18-14-2-4-16(5-3-14)20-7-1-8-21(10-9-20)17(22)12-15-13-23-11-6-19-15/h2-5,15,19H,1,6-13H2/t15-/m0/s1. The van der Waals surface area contributed by atoms with Crippen LogP contribution >= 0.6 is 0 Å². The predicted octanol–water partition coefficient (Wildman–Crippen LogP) is 1.24. The number of anilines is 1. The van der Waals surface area contributed by atoms with E-state index in [1.165, 1.54) is 12.1 Å². The van der Waals surface area contributed by atoms with Gasteiger partial charge in [-0.05, 0) is 30.7 Å². The van der Waals surface area contributed by atoms with Crippen molar-refractivity contribution in [3.05, 3.63) is 30.1 Å². The maximum atomic E-state index is 13.0. The van der Waals surface area contributed by atoms with E-state index in [1.807, 2.05) is 4.90 Å². The molecule has 1 aromatic rings. The normalized spacial score (nSPS) is 22.7. The Morgan fingerprint density at radius 1 is 1.22 bits per heavy atom. The third kappa shape index (κ3) is 4.42. The van der Waals surface area contributed by atoms with Gasteiger partial charge < -0.3 is 19.9 Å². The first-order valence-electron chi connectivity index (χ1n) is 8.32. The van der Waals surface area contributed by atoms with Crippen molar-refractivity contribution >= 4 is 11.6 Å². The summed E-state index contributed by atoms with van der Waals surface area (Å²) >= 11 is 0. The van der Waals surface area contributed by atoms with Crippen molar-refractivity contribution in [1.82, 2.24) is 10.2 Å². The fraction of sp³-hybridized carbons (Fsp3) is 0.588. The summed E-state index contributed by atoms with van der Waals surface area (Å²) in [5, 5.41) is 3.33. The molecule has 1 aromatic carbocycles. The zero-order valence-electron chi connectivity index (χ0n) is 13.3. The monoisotopic (exact) mass is 321 g/mol. The molecule has 0 radical (unpaired) electrons. The summed E-state index contributed by atoms with van der Waals surface area (Å²) in [7, 11) is 0. The van der Waals surface area contributed by atoms with Crippen LogP contribution < -0.4 is 10.2 Å². The van der Waals surface area contributed by atoms with Crippen LogP contribution in [-0.2, 0) is 9.53 Å². The summed E-state index contributed by atoms with van der Waals surface area (Å²) in [6.45, 7) is 5.32. The molecular formula is C17H24FN3O2. The largest absolute Gasteiger partial charge is 0.378 e. The second-order valence-electron chi connectivity index (χ2n) is 6.13. The van der Waals surface area contributed by atoms with Crippen molar-refractivity contribution in [2.75, 3.05) is 50.8 Å². The van der Waals surface area contributed by atoms with Crippen molar-refractivity contribution in [3.63, 3.8) is 0 Å². The Bertz CT molecular complexity index is 517. The van der Waals surface area contributed by atoms with Gasteiger partial charge in [0.1, 0.15) is 5.82 Å². The minimum Gasteiger partial charge on any atom is -0.378 e. The summed E-state index contributed by atoms with van der Waals surface area (Å²) in [4.78, 5) is 16.6. The lowest BCUT2D eigenvalue weighted by molar-refractivity contribution is -0.132. The number of nitrogens with zero attached hydrogens (tertiary/aromatic N) is 2. The van der Waals surface area contributed by atoms with Crippen LogP contribution in [0.3, 0.4) is 0 Å². The second kappa shape index (κ2) is 7.75. The molecule has 3 rings (SSSR count). The SMILES string of the molecule is O=C(C[C@H]1COCCN1)N1CCCN(c2ccc(F)cc2)CC1. The van der Waals surface area contributed by atoms with Crippen LogP contribution in [-0.4, -0.2) is 62.8 Å². The molecule has 6 heteroatoms. The summed E-state index contributed by atoms with van der Waals surface area (Å²) in [5.41, 5.74) is 1.02. The number of nitrogens with one attached hydrogen (secondary N) is 1. The number of hydrogen-bond donors (Lipinski definition) is 1. The number of morpholine rings is 1. The fourth-order valence-electron chi connectivity index (χ4n) is 3.17. The van der Waals surface area contributed by atoms with E-state index in [0.717, 1.165) is 44.9 Å². The average molecular weight is 321 g/mol. The van der Waals surface area contributed by atoms with Gasteiger partial charge in [-0.15, -0.1) is 0 Å². The van der Waals surface area contributed by atoms with E-state index in [2.05, 4.69) is 10.2 Å². The van der Waals surface area contributed by atoms with E-state index >= 15 is 0 Å². The maximum absolute atomic E-state index is 13.0. The fourth-order valence-corrected chi connectivity index (χ4v) is 3.17. The van der Waals surface area contributed by atoms with Crippen molar-refractivity contribution in [2.24, 2.45) is 0 Å². The second-order valence-corrected chi connectivity index (χ2v) is 6.13. The molecule has 1 amide bonds. The minimum atomic E-state index is -0.220.